The number of aliphatic hydroxyl groups excluding tert-OH is 2. The monoisotopic (exact) mass is 330 g/mol. The minimum Gasteiger partial charge on any atom is -0.396 e. The van der Waals surface area contributed by atoms with Crippen molar-refractivity contribution in [1.82, 2.24) is 4.90 Å². The molecule has 2 N–H and O–H groups in total. The van der Waals surface area contributed by atoms with E-state index in [2.05, 4.69) is 0 Å². The van der Waals surface area contributed by atoms with Crippen molar-refractivity contribution in [3.8, 4) is 0 Å². The Kier molecular flexibility index (Phi) is 6.43. The van der Waals surface area contributed by atoms with Gasteiger partial charge in [0.1, 0.15) is 0 Å². The van der Waals surface area contributed by atoms with Gasteiger partial charge >= 0.3 is 0 Å². The number of nitrogens with zero attached hydrogens (tertiary/aromatic N) is 2. The fourth-order valence-corrected chi connectivity index (χ4v) is 2.79. The maximum atomic E-state index is 10.9. The molecule has 0 aliphatic carbocycles. The lowest BCUT2D eigenvalue weighted by molar-refractivity contribution is -0.385. The normalized spacial score (nSPS) is 13.7. The van der Waals surface area contributed by atoms with Crippen molar-refractivity contribution in [2.45, 2.75) is 18.6 Å². The second-order valence-corrected chi connectivity index (χ2v) is 5.75. The van der Waals surface area contributed by atoms with E-state index in [0.29, 0.717) is 18.5 Å². The van der Waals surface area contributed by atoms with Crippen LogP contribution in [0.4, 0.5) is 5.69 Å². The number of hydrogen-bond donors (Lipinski definition) is 2. The number of aliphatic hydroxyl groups is 2. The highest BCUT2D eigenvalue weighted by atomic mass is 16.6. The molecule has 2 atom stereocenters. The summed E-state index contributed by atoms with van der Waals surface area (Å²) in [6.07, 6.45) is -0.304. The SMILES string of the molecule is CN(CC(O)c1cccc([N+](=O)[O-])c1)C(CCO)c1ccccc1. The van der Waals surface area contributed by atoms with E-state index >= 15 is 0 Å². The minimum absolute atomic E-state index is 0.0375. The zero-order valence-electron chi connectivity index (χ0n) is 13.6. The van der Waals surface area contributed by atoms with Crippen LogP contribution in [0.25, 0.3) is 0 Å². The van der Waals surface area contributed by atoms with Gasteiger partial charge in [-0.3, -0.25) is 15.0 Å². The summed E-state index contributed by atoms with van der Waals surface area (Å²) in [6.45, 7) is 0.345. The third kappa shape index (κ3) is 4.61. The van der Waals surface area contributed by atoms with Gasteiger partial charge in [-0.15, -0.1) is 0 Å². The molecule has 0 amide bonds. The first-order chi connectivity index (χ1) is 11.5. The molecule has 0 saturated carbocycles. The Balaban J connectivity index is 2.12. The summed E-state index contributed by atoms with van der Waals surface area (Å²) in [4.78, 5) is 12.3. The lowest BCUT2D eigenvalue weighted by Gasteiger charge is -2.30. The maximum Gasteiger partial charge on any atom is 0.269 e. The van der Waals surface area contributed by atoms with Gasteiger partial charge < -0.3 is 10.2 Å². The smallest absolute Gasteiger partial charge is 0.269 e. The summed E-state index contributed by atoms with van der Waals surface area (Å²) in [7, 11) is 1.87. The van der Waals surface area contributed by atoms with E-state index in [1.54, 1.807) is 12.1 Å². The Hall–Kier alpha value is -2.28. The van der Waals surface area contributed by atoms with Crippen LogP contribution in [-0.4, -0.2) is 40.2 Å². The van der Waals surface area contributed by atoms with E-state index in [1.165, 1.54) is 12.1 Å². The molecule has 0 spiro atoms. The van der Waals surface area contributed by atoms with Gasteiger partial charge in [-0.2, -0.15) is 0 Å². The van der Waals surface area contributed by atoms with Crippen LogP contribution < -0.4 is 0 Å². The molecule has 0 bridgehead atoms. The standard InChI is InChI=1S/C18H22N2O4/c1-19(17(10-11-21)14-6-3-2-4-7-14)13-18(22)15-8-5-9-16(12-15)20(23)24/h2-9,12,17-18,21-22H,10-11,13H2,1H3. The first kappa shape index (κ1) is 18.1. The Bertz CT molecular complexity index is 663. The van der Waals surface area contributed by atoms with Crippen molar-refractivity contribution >= 4 is 5.69 Å². The van der Waals surface area contributed by atoms with Crippen LogP contribution in [0.15, 0.2) is 54.6 Å². The molecule has 0 saturated heterocycles. The fraction of sp³-hybridized carbons (Fsp3) is 0.333. The highest BCUT2D eigenvalue weighted by Gasteiger charge is 2.21. The summed E-state index contributed by atoms with van der Waals surface area (Å²) in [5, 5.41) is 30.6. The van der Waals surface area contributed by atoms with Crippen molar-refractivity contribution < 1.29 is 15.1 Å². The van der Waals surface area contributed by atoms with Gasteiger partial charge in [0.05, 0.1) is 11.0 Å². The molecule has 6 heteroatoms. The first-order valence-electron chi connectivity index (χ1n) is 7.81. The number of non-ortho nitro benzene ring substituents is 1. The van der Waals surface area contributed by atoms with Crippen molar-refractivity contribution in [2.75, 3.05) is 20.2 Å². The molecule has 0 heterocycles. The largest absolute Gasteiger partial charge is 0.396 e. The van der Waals surface area contributed by atoms with Gasteiger partial charge in [0, 0.05) is 31.3 Å². The summed E-state index contributed by atoms with van der Waals surface area (Å²) < 4.78 is 0. The molecule has 0 aromatic heterocycles. The number of likely N-dealkylation sites (N-methyl/N-ethyl adjacent to an activating group) is 1. The van der Waals surface area contributed by atoms with Gasteiger partial charge in [0.15, 0.2) is 0 Å². The van der Waals surface area contributed by atoms with Crippen LogP contribution in [0.1, 0.15) is 29.7 Å². The fourth-order valence-electron chi connectivity index (χ4n) is 2.79. The average Bonchev–Trinajstić information content (AvgIpc) is 2.60. The van der Waals surface area contributed by atoms with Gasteiger partial charge in [-0.25, -0.2) is 0 Å². The van der Waals surface area contributed by atoms with E-state index in [0.717, 1.165) is 5.56 Å². The van der Waals surface area contributed by atoms with Crippen LogP contribution >= 0.6 is 0 Å². The molecule has 2 unspecified atom stereocenters. The van der Waals surface area contributed by atoms with Gasteiger partial charge in [0.2, 0.25) is 0 Å². The summed E-state index contributed by atoms with van der Waals surface area (Å²) in [5.74, 6) is 0. The molecule has 2 rings (SSSR count). The number of rotatable bonds is 8. The first-order valence-corrected chi connectivity index (χ1v) is 7.81. The Morgan fingerprint density at radius 3 is 2.42 bits per heavy atom. The molecule has 128 valence electrons. The van der Waals surface area contributed by atoms with E-state index < -0.39 is 11.0 Å². The second-order valence-electron chi connectivity index (χ2n) is 5.75. The van der Waals surface area contributed by atoms with E-state index in [-0.39, 0.29) is 18.3 Å². The maximum absolute atomic E-state index is 10.9. The van der Waals surface area contributed by atoms with Gasteiger partial charge in [-0.1, -0.05) is 42.5 Å². The van der Waals surface area contributed by atoms with Gasteiger partial charge in [0.25, 0.3) is 5.69 Å². The number of nitro groups is 1. The van der Waals surface area contributed by atoms with E-state index in [9.17, 15) is 20.3 Å². The number of hydrogen-bond acceptors (Lipinski definition) is 5. The lowest BCUT2D eigenvalue weighted by Crippen LogP contribution is -2.30. The Morgan fingerprint density at radius 1 is 1.12 bits per heavy atom. The molecular formula is C18H22N2O4. The average molecular weight is 330 g/mol. The van der Waals surface area contributed by atoms with Crippen LogP contribution in [-0.2, 0) is 0 Å². The zero-order valence-corrected chi connectivity index (χ0v) is 13.6. The topological polar surface area (TPSA) is 86.8 Å². The predicted molar refractivity (Wildman–Crippen MR) is 91.6 cm³/mol. The molecule has 24 heavy (non-hydrogen) atoms. The molecule has 0 aliphatic rings. The summed E-state index contributed by atoms with van der Waals surface area (Å²) >= 11 is 0. The van der Waals surface area contributed by atoms with Crippen LogP contribution in [0.2, 0.25) is 0 Å². The van der Waals surface area contributed by atoms with E-state index in [1.807, 2.05) is 42.3 Å². The molecule has 0 radical (unpaired) electrons. The third-order valence-electron chi connectivity index (χ3n) is 4.05. The minimum atomic E-state index is -0.847. The molecule has 2 aromatic carbocycles. The third-order valence-corrected chi connectivity index (χ3v) is 4.05. The summed E-state index contributed by atoms with van der Waals surface area (Å²) in [5.41, 5.74) is 1.52. The van der Waals surface area contributed by atoms with Crippen molar-refractivity contribution in [1.29, 1.82) is 0 Å². The highest BCUT2D eigenvalue weighted by Crippen LogP contribution is 2.26. The molecule has 6 nitrogen and oxygen atoms in total. The molecule has 0 aliphatic heterocycles. The highest BCUT2D eigenvalue weighted by molar-refractivity contribution is 5.35. The Morgan fingerprint density at radius 2 is 1.79 bits per heavy atom. The Labute approximate surface area is 141 Å². The molecule has 0 fully saturated rings. The predicted octanol–water partition coefficient (Wildman–Crippen LogP) is 2.68. The summed E-state index contributed by atoms with van der Waals surface area (Å²) in [6, 6.07) is 15.8. The number of nitro benzene ring substituents is 1. The van der Waals surface area contributed by atoms with Crippen molar-refractivity contribution in [3.63, 3.8) is 0 Å². The van der Waals surface area contributed by atoms with Crippen LogP contribution in [0, 0.1) is 10.1 Å². The van der Waals surface area contributed by atoms with Crippen LogP contribution in [0.5, 0.6) is 0 Å². The molecular weight excluding hydrogens is 308 g/mol. The molecule has 2 aromatic rings. The number of benzene rings is 2. The zero-order chi connectivity index (χ0) is 17.5. The van der Waals surface area contributed by atoms with Crippen LogP contribution in [0.3, 0.4) is 0 Å². The van der Waals surface area contributed by atoms with Crippen molar-refractivity contribution in [2.24, 2.45) is 0 Å². The van der Waals surface area contributed by atoms with Crippen molar-refractivity contribution in [3.05, 3.63) is 75.8 Å². The van der Waals surface area contributed by atoms with Gasteiger partial charge in [-0.05, 0) is 24.6 Å². The quantitative estimate of drug-likeness (QED) is 0.574. The second kappa shape index (κ2) is 8.54. The van der Waals surface area contributed by atoms with E-state index in [4.69, 9.17) is 0 Å². The lowest BCUT2D eigenvalue weighted by atomic mass is 10.0.